The van der Waals surface area contributed by atoms with Crippen LogP contribution in [0.2, 0.25) is 0 Å². The Morgan fingerprint density at radius 3 is 2.47 bits per heavy atom. The number of methoxy groups -OCH3 is 2. The van der Waals surface area contributed by atoms with Crippen LogP contribution >= 0.6 is 0 Å². The molecule has 1 aromatic rings. The first-order valence-electron chi connectivity index (χ1n) is 6.52. The molecule has 2 rings (SSSR count). The average molecular weight is 266 g/mol. The van der Waals surface area contributed by atoms with E-state index in [9.17, 15) is 5.11 Å². The summed E-state index contributed by atoms with van der Waals surface area (Å²) in [5.41, 5.74) is 7.97. The van der Waals surface area contributed by atoms with Gasteiger partial charge in [0.15, 0.2) is 11.5 Å². The van der Waals surface area contributed by atoms with Gasteiger partial charge in [0.05, 0.1) is 20.3 Å². The quantitative estimate of drug-likeness (QED) is 0.806. The van der Waals surface area contributed by atoms with Crippen LogP contribution < -0.4 is 15.2 Å². The van der Waals surface area contributed by atoms with Gasteiger partial charge < -0.3 is 20.3 Å². The van der Waals surface area contributed by atoms with Crippen molar-refractivity contribution < 1.29 is 14.6 Å². The van der Waals surface area contributed by atoms with Gasteiger partial charge in [-0.3, -0.25) is 4.90 Å². The Morgan fingerprint density at radius 1 is 1.26 bits per heavy atom. The normalized spacial score (nSPS) is 16.8. The highest BCUT2D eigenvalue weighted by Crippen LogP contribution is 2.33. The maximum Gasteiger partial charge on any atom is 0.161 e. The predicted molar refractivity (Wildman–Crippen MR) is 73.6 cm³/mol. The lowest BCUT2D eigenvalue weighted by atomic mass is 9.98. The molecule has 1 unspecified atom stereocenters. The van der Waals surface area contributed by atoms with Gasteiger partial charge in [-0.1, -0.05) is 0 Å². The van der Waals surface area contributed by atoms with Gasteiger partial charge in [-0.25, -0.2) is 0 Å². The number of benzene rings is 1. The van der Waals surface area contributed by atoms with Gasteiger partial charge in [0.25, 0.3) is 0 Å². The number of rotatable bonds is 5. The van der Waals surface area contributed by atoms with Crippen LogP contribution in [-0.2, 0) is 13.0 Å². The molecule has 1 aliphatic rings. The first-order valence-corrected chi connectivity index (χ1v) is 6.52. The van der Waals surface area contributed by atoms with Crippen molar-refractivity contribution in [2.45, 2.75) is 19.1 Å². The summed E-state index contributed by atoms with van der Waals surface area (Å²) in [5, 5.41) is 9.63. The molecule has 0 aromatic heterocycles. The third-order valence-electron chi connectivity index (χ3n) is 3.54. The number of aliphatic hydroxyl groups excluding tert-OH is 1. The van der Waals surface area contributed by atoms with Crippen LogP contribution in [0.1, 0.15) is 11.1 Å². The number of ether oxygens (including phenoxy) is 2. The number of hydrogen-bond donors (Lipinski definition) is 2. The number of β-amino-alcohol motifs (C(OH)–C–C–N with tert-alkyl or cyclic N) is 1. The molecule has 5 nitrogen and oxygen atoms in total. The van der Waals surface area contributed by atoms with Crippen molar-refractivity contribution in [1.29, 1.82) is 0 Å². The molecular formula is C14H22N2O3. The summed E-state index contributed by atoms with van der Waals surface area (Å²) in [6.07, 6.45) is 0.495. The van der Waals surface area contributed by atoms with E-state index in [1.54, 1.807) is 14.2 Å². The molecule has 1 heterocycles. The molecule has 5 heteroatoms. The van der Waals surface area contributed by atoms with Crippen molar-refractivity contribution in [3.05, 3.63) is 23.3 Å². The zero-order chi connectivity index (χ0) is 13.8. The van der Waals surface area contributed by atoms with Crippen molar-refractivity contribution in [3.63, 3.8) is 0 Å². The van der Waals surface area contributed by atoms with E-state index < -0.39 is 6.10 Å². The van der Waals surface area contributed by atoms with Gasteiger partial charge in [-0.15, -0.1) is 0 Å². The molecule has 106 valence electrons. The molecule has 1 atom stereocenters. The van der Waals surface area contributed by atoms with Crippen LogP contribution in [0.5, 0.6) is 11.5 Å². The molecule has 0 bridgehead atoms. The van der Waals surface area contributed by atoms with E-state index in [1.165, 1.54) is 11.1 Å². The Morgan fingerprint density at radius 2 is 1.89 bits per heavy atom. The number of nitrogens with zero attached hydrogens (tertiary/aromatic N) is 1. The fourth-order valence-corrected chi connectivity index (χ4v) is 2.47. The predicted octanol–water partition coefficient (Wildman–Crippen LogP) is 0.381. The Bertz CT molecular complexity index is 437. The number of fused-ring (bicyclic) bond motifs is 1. The summed E-state index contributed by atoms with van der Waals surface area (Å²) in [5.74, 6) is 1.53. The zero-order valence-electron chi connectivity index (χ0n) is 11.6. The van der Waals surface area contributed by atoms with Crippen LogP contribution in [0.15, 0.2) is 12.1 Å². The number of aliphatic hydroxyl groups is 1. The van der Waals surface area contributed by atoms with Crippen molar-refractivity contribution in [2.24, 2.45) is 5.73 Å². The molecule has 0 saturated carbocycles. The lowest BCUT2D eigenvalue weighted by Gasteiger charge is -2.30. The van der Waals surface area contributed by atoms with Gasteiger partial charge in [0.2, 0.25) is 0 Å². The summed E-state index contributed by atoms with van der Waals surface area (Å²) in [6, 6.07) is 4.07. The highest BCUT2D eigenvalue weighted by atomic mass is 16.5. The molecule has 0 saturated heterocycles. The molecule has 1 aliphatic heterocycles. The lowest BCUT2D eigenvalue weighted by Crippen LogP contribution is -2.39. The first kappa shape index (κ1) is 14.1. The van der Waals surface area contributed by atoms with E-state index >= 15 is 0 Å². The fraction of sp³-hybridized carbons (Fsp3) is 0.571. The minimum absolute atomic E-state index is 0.301. The summed E-state index contributed by atoms with van der Waals surface area (Å²) < 4.78 is 10.6. The highest BCUT2D eigenvalue weighted by molar-refractivity contribution is 5.48. The standard InChI is InChI=1S/C14H22N2O3/c1-18-13-5-10-3-4-16(9-12(17)7-15)8-11(10)6-14(13)19-2/h5-6,12,17H,3-4,7-9,15H2,1-2H3. The summed E-state index contributed by atoms with van der Waals surface area (Å²) >= 11 is 0. The van der Waals surface area contributed by atoms with E-state index in [2.05, 4.69) is 4.90 Å². The minimum atomic E-state index is -0.457. The van der Waals surface area contributed by atoms with Crippen LogP contribution in [0.4, 0.5) is 0 Å². The summed E-state index contributed by atoms with van der Waals surface area (Å²) in [6.45, 7) is 2.66. The second-order valence-electron chi connectivity index (χ2n) is 4.85. The Balaban J connectivity index is 2.15. The SMILES string of the molecule is COc1cc2c(cc1OC)CN(CC(O)CN)CC2. The number of hydrogen-bond acceptors (Lipinski definition) is 5. The van der Waals surface area contributed by atoms with Crippen LogP contribution in [-0.4, -0.2) is 50.0 Å². The third-order valence-corrected chi connectivity index (χ3v) is 3.54. The lowest BCUT2D eigenvalue weighted by molar-refractivity contribution is 0.111. The van der Waals surface area contributed by atoms with Gasteiger partial charge in [0.1, 0.15) is 0 Å². The highest BCUT2D eigenvalue weighted by Gasteiger charge is 2.20. The van der Waals surface area contributed by atoms with Crippen LogP contribution in [0.25, 0.3) is 0 Å². The van der Waals surface area contributed by atoms with Crippen molar-refractivity contribution in [3.8, 4) is 11.5 Å². The second-order valence-corrected chi connectivity index (χ2v) is 4.85. The molecule has 0 spiro atoms. The van der Waals surface area contributed by atoms with Crippen LogP contribution in [0, 0.1) is 0 Å². The summed E-state index contributed by atoms with van der Waals surface area (Å²) in [7, 11) is 3.29. The fourth-order valence-electron chi connectivity index (χ4n) is 2.47. The van der Waals surface area contributed by atoms with E-state index in [0.29, 0.717) is 13.1 Å². The van der Waals surface area contributed by atoms with Crippen LogP contribution in [0.3, 0.4) is 0 Å². The van der Waals surface area contributed by atoms with E-state index in [4.69, 9.17) is 15.2 Å². The maximum atomic E-state index is 9.63. The van der Waals surface area contributed by atoms with Gasteiger partial charge in [0, 0.05) is 26.2 Å². The van der Waals surface area contributed by atoms with E-state index in [-0.39, 0.29) is 0 Å². The largest absolute Gasteiger partial charge is 0.493 e. The molecule has 3 N–H and O–H groups in total. The molecule has 0 amide bonds. The van der Waals surface area contributed by atoms with Gasteiger partial charge in [-0.05, 0) is 29.7 Å². The first-order chi connectivity index (χ1) is 9.17. The monoisotopic (exact) mass is 266 g/mol. The van der Waals surface area contributed by atoms with E-state index in [1.807, 2.05) is 12.1 Å². The van der Waals surface area contributed by atoms with Gasteiger partial charge in [-0.2, -0.15) is 0 Å². The minimum Gasteiger partial charge on any atom is -0.493 e. The average Bonchev–Trinajstić information content (AvgIpc) is 2.45. The zero-order valence-corrected chi connectivity index (χ0v) is 11.6. The number of nitrogens with two attached hydrogens (primary N) is 1. The van der Waals surface area contributed by atoms with Crippen molar-refractivity contribution >= 4 is 0 Å². The Hall–Kier alpha value is -1.30. The molecule has 19 heavy (non-hydrogen) atoms. The Kier molecular flexibility index (Phi) is 4.63. The molecule has 0 aliphatic carbocycles. The van der Waals surface area contributed by atoms with Crippen molar-refractivity contribution in [1.82, 2.24) is 4.90 Å². The topological polar surface area (TPSA) is 68.0 Å². The summed E-state index contributed by atoms with van der Waals surface area (Å²) in [4.78, 5) is 2.21. The second kappa shape index (κ2) is 6.23. The Labute approximate surface area is 113 Å². The van der Waals surface area contributed by atoms with Crippen molar-refractivity contribution in [2.75, 3.05) is 33.9 Å². The molecule has 0 fully saturated rings. The molecular weight excluding hydrogens is 244 g/mol. The molecule has 1 aromatic carbocycles. The van der Waals surface area contributed by atoms with Gasteiger partial charge >= 0.3 is 0 Å². The van der Waals surface area contributed by atoms with E-state index in [0.717, 1.165) is 31.0 Å². The third kappa shape index (κ3) is 3.18. The maximum absolute atomic E-state index is 9.63. The molecule has 0 radical (unpaired) electrons. The smallest absolute Gasteiger partial charge is 0.161 e.